The predicted octanol–water partition coefficient (Wildman–Crippen LogP) is 2.02. The summed E-state index contributed by atoms with van der Waals surface area (Å²) >= 11 is 7.71. The number of rotatable bonds is 4. The van der Waals surface area contributed by atoms with Crippen LogP contribution in [0.1, 0.15) is 17.8 Å². The van der Waals surface area contributed by atoms with Crippen molar-refractivity contribution in [3.63, 3.8) is 0 Å². The summed E-state index contributed by atoms with van der Waals surface area (Å²) < 4.78 is 5.35. The van der Waals surface area contributed by atoms with Crippen molar-refractivity contribution in [2.75, 3.05) is 19.1 Å². The van der Waals surface area contributed by atoms with Crippen LogP contribution in [0.5, 0.6) is 0 Å². The van der Waals surface area contributed by atoms with Crippen LogP contribution >= 0.6 is 22.9 Å². The summed E-state index contributed by atoms with van der Waals surface area (Å²) in [5, 5.41) is 6.63. The minimum Gasteiger partial charge on any atom is -0.381 e. The Labute approximate surface area is 98.8 Å². The average Bonchev–Trinajstić information content (AvgIpc) is 2.81. The lowest BCUT2D eigenvalue weighted by atomic mass is 9.92. The zero-order valence-electron chi connectivity index (χ0n) is 8.54. The van der Waals surface area contributed by atoms with Gasteiger partial charge in [0.2, 0.25) is 0 Å². The van der Waals surface area contributed by atoms with Crippen molar-refractivity contribution in [2.45, 2.75) is 24.9 Å². The first kappa shape index (κ1) is 11.3. The van der Waals surface area contributed by atoms with E-state index in [0.29, 0.717) is 5.88 Å². The molecule has 1 aromatic heterocycles. The van der Waals surface area contributed by atoms with Gasteiger partial charge in [-0.05, 0) is 12.8 Å². The van der Waals surface area contributed by atoms with Crippen molar-refractivity contribution < 1.29 is 4.74 Å². The summed E-state index contributed by atoms with van der Waals surface area (Å²) in [6, 6.07) is 0. The smallest absolute Gasteiger partial charge is 0.106 e. The highest BCUT2D eigenvalue weighted by Gasteiger charge is 2.31. The molecule has 2 rings (SSSR count). The van der Waals surface area contributed by atoms with E-state index in [1.807, 2.05) is 11.6 Å². The van der Waals surface area contributed by atoms with E-state index < -0.39 is 0 Å². The van der Waals surface area contributed by atoms with Crippen LogP contribution < -0.4 is 5.32 Å². The Hall–Kier alpha value is -0.160. The molecule has 1 N–H and O–H groups in total. The molecule has 0 saturated carbocycles. The molecule has 0 unspecified atom stereocenters. The van der Waals surface area contributed by atoms with E-state index in [1.165, 1.54) is 0 Å². The molecule has 0 aliphatic carbocycles. The van der Waals surface area contributed by atoms with Crippen LogP contribution in [0, 0.1) is 0 Å². The molecule has 5 heteroatoms. The van der Waals surface area contributed by atoms with Crippen molar-refractivity contribution in [3.05, 3.63) is 16.6 Å². The number of halogens is 1. The Bertz CT molecular complexity index is 286. The first-order chi connectivity index (χ1) is 7.35. The molecule has 0 amide bonds. The van der Waals surface area contributed by atoms with Crippen molar-refractivity contribution in [3.8, 4) is 0 Å². The molecule has 84 valence electrons. The van der Waals surface area contributed by atoms with E-state index >= 15 is 0 Å². The van der Waals surface area contributed by atoms with E-state index in [1.54, 1.807) is 11.3 Å². The molecule has 0 atom stereocenters. The number of nitrogens with zero attached hydrogens (tertiary/aromatic N) is 1. The van der Waals surface area contributed by atoms with Crippen LogP contribution in [0.4, 0.5) is 0 Å². The molecule has 1 fully saturated rings. The monoisotopic (exact) mass is 246 g/mol. The lowest BCUT2D eigenvalue weighted by Gasteiger charge is -2.36. The van der Waals surface area contributed by atoms with Gasteiger partial charge in [-0.1, -0.05) is 0 Å². The molecule has 1 aliphatic rings. The van der Waals surface area contributed by atoms with Crippen molar-refractivity contribution >= 4 is 22.9 Å². The normalized spacial score (nSPS) is 20.3. The van der Waals surface area contributed by atoms with E-state index in [2.05, 4.69) is 10.3 Å². The second-order valence-electron chi connectivity index (χ2n) is 3.81. The number of ether oxygens (including phenoxy) is 1. The van der Waals surface area contributed by atoms with Crippen LogP contribution in [-0.4, -0.2) is 29.6 Å². The highest BCUT2D eigenvalue weighted by atomic mass is 35.5. The Balaban J connectivity index is 1.89. The van der Waals surface area contributed by atoms with Gasteiger partial charge in [-0.2, -0.15) is 0 Å². The van der Waals surface area contributed by atoms with E-state index in [4.69, 9.17) is 16.3 Å². The maximum Gasteiger partial charge on any atom is 0.106 e. The summed E-state index contributed by atoms with van der Waals surface area (Å²) in [4.78, 5) is 4.25. The highest BCUT2D eigenvalue weighted by Crippen LogP contribution is 2.23. The van der Waals surface area contributed by atoms with Crippen LogP contribution in [0.15, 0.2) is 11.6 Å². The molecule has 1 aromatic rings. The number of hydrogen-bond acceptors (Lipinski definition) is 4. The molecule has 0 radical (unpaired) electrons. The zero-order chi connectivity index (χ0) is 10.6. The maximum atomic E-state index is 6.04. The third-order valence-corrected chi connectivity index (χ3v) is 4.09. The quantitative estimate of drug-likeness (QED) is 0.826. The average molecular weight is 247 g/mol. The molecular formula is C10H15ClN2OS. The fraction of sp³-hybridized carbons (Fsp3) is 0.700. The number of aromatic nitrogens is 1. The molecule has 15 heavy (non-hydrogen) atoms. The second-order valence-corrected chi connectivity index (χ2v) is 5.05. The van der Waals surface area contributed by atoms with Gasteiger partial charge in [0.25, 0.3) is 0 Å². The summed E-state index contributed by atoms with van der Waals surface area (Å²) in [7, 11) is 0. The number of hydrogen-bond donors (Lipinski definition) is 1. The molecular weight excluding hydrogens is 232 g/mol. The fourth-order valence-electron chi connectivity index (χ4n) is 1.72. The molecule has 2 heterocycles. The lowest BCUT2D eigenvalue weighted by molar-refractivity contribution is 0.0459. The third kappa shape index (κ3) is 2.91. The Morgan fingerprint density at radius 3 is 2.93 bits per heavy atom. The highest BCUT2D eigenvalue weighted by molar-refractivity contribution is 7.09. The van der Waals surface area contributed by atoms with Gasteiger partial charge in [0, 0.05) is 42.8 Å². The number of alkyl halides is 1. The third-order valence-electron chi connectivity index (χ3n) is 2.80. The fourth-order valence-corrected chi connectivity index (χ4v) is 2.64. The minimum absolute atomic E-state index is 0.0471. The summed E-state index contributed by atoms with van der Waals surface area (Å²) in [5.74, 6) is 0.641. The van der Waals surface area contributed by atoms with E-state index in [-0.39, 0.29) is 5.54 Å². The van der Waals surface area contributed by atoms with Gasteiger partial charge in [-0.15, -0.1) is 22.9 Å². The van der Waals surface area contributed by atoms with Crippen molar-refractivity contribution in [1.82, 2.24) is 10.3 Å². The topological polar surface area (TPSA) is 34.2 Å². The largest absolute Gasteiger partial charge is 0.381 e. The van der Waals surface area contributed by atoms with Gasteiger partial charge >= 0.3 is 0 Å². The number of thiazole rings is 1. The number of nitrogens with one attached hydrogen (secondary N) is 1. The second kappa shape index (κ2) is 5.25. The molecule has 0 spiro atoms. The summed E-state index contributed by atoms with van der Waals surface area (Å²) in [6.07, 6.45) is 3.81. The van der Waals surface area contributed by atoms with Crippen LogP contribution in [0.2, 0.25) is 0 Å². The minimum atomic E-state index is 0.0471. The molecule has 0 aromatic carbocycles. The maximum absolute atomic E-state index is 6.04. The summed E-state index contributed by atoms with van der Waals surface area (Å²) in [5.41, 5.74) is 0.0471. The SMILES string of the molecule is ClCC1(NCc2nccs2)CCOCC1. The van der Waals surface area contributed by atoms with Crippen LogP contribution in [0.25, 0.3) is 0 Å². The van der Waals surface area contributed by atoms with Gasteiger partial charge in [-0.3, -0.25) is 0 Å². The van der Waals surface area contributed by atoms with Crippen molar-refractivity contribution in [1.29, 1.82) is 0 Å². The first-order valence-corrected chi connectivity index (χ1v) is 6.53. The Kier molecular flexibility index (Phi) is 3.97. The van der Waals surface area contributed by atoms with Crippen molar-refractivity contribution in [2.24, 2.45) is 0 Å². The molecule has 0 bridgehead atoms. The van der Waals surface area contributed by atoms with Gasteiger partial charge in [0.1, 0.15) is 5.01 Å². The van der Waals surface area contributed by atoms with Crippen LogP contribution in [-0.2, 0) is 11.3 Å². The standard InChI is InChI=1S/C10H15ClN2OS/c11-8-10(1-4-14-5-2-10)13-7-9-12-3-6-15-9/h3,6,13H,1-2,4-5,7-8H2. The van der Waals surface area contributed by atoms with Gasteiger partial charge < -0.3 is 10.1 Å². The first-order valence-electron chi connectivity index (χ1n) is 5.12. The lowest BCUT2D eigenvalue weighted by Crippen LogP contribution is -2.50. The predicted molar refractivity (Wildman–Crippen MR) is 62.5 cm³/mol. The molecule has 3 nitrogen and oxygen atoms in total. The summed E-state index contributed by atoms with van der Waals surface area (Å²) in [6.45, 7) is 2.42. The zero-order valence-corrected chi connectivity index (χ0v) is 10.1. The van der Waals surface area contributed by atoms with Gasteiger partial charge in [0.15, 0.2) is 0 Å². The van der Waals surface area contributed by atoms with Gasteiger partial charge in [-0.25, -0.2) is 4.98 Å². The Morgan fingerprint density at radius 2 is 2.33 bits per heavy atom. The molecule has 1 saturated heterocycles. The molecule has 1 aliphatic heterocycles. The van der Waals surface area contributed by atoms with E-state index in [0.717, 1.165) is 37.6 Å². The van der Waals surface area contributed by atoms with E-state index in [9.17, 15) is 0 Å². The van der Waals surface area contributed by atoms with Crippen LogP contribution in [0.3, 0.4) is 0 Å². The van der Waals surface area contributed by atoms with Gasteiger partial charge in [0.05, 0.1) is 0 Å². The Morgan fingerprint density at radius 1 is 1.53 bits per heavy atom.